The predicted molar refractivity (Wildman–Crippen MR) is 98.5 cm³/mol. The molecular weight excluding hydrogens is 361 g/mol. The van der Waals surface area contributed by atoms with Crippen molar-refractivity contribution in [3.63, 3.8) is 0 Å². The van der Waals surface area contributed by atoms with Crippen molar-refractivity contribution >= 4 is 40.0 Å². The van der Waals surface area contributed by atoms with Gasteiger partial charge in [0, 0.05) is 5.39 Å². The fraction of sp³-hybridized carbons (Fsp3) is 0.167. The van der Waals surface area contributed by atoms with Gasteiger partial charge >= 0.3 is 0 Å². The summed E-state index contributed by atoms with van der Waals surface area (Å²) >= 11 is 12.0. The second-order valence-corrected chi connectivity index (χ2v) is 6.32. The number of fused-ring (bicyclic) bond motifs is 1. The molecule has 1 heterocycles. The van der Waals surface area contributed by atoms with Crippen LogP contribution >= 0.6 is 23.2 Å². The molecule has 0 spiro atoms. The zero-order valence-corrected chi connectivity index (χ0v) is 14.9. The highest BCUT2D eigenvalue weighted by molar-refractivity contribution is 6.42. The number of ether oxygens (including phenoxy) is 1. The quantitative estimate of drug-likeness (QED) is 0.734. The van der Waals surface area contributed by atoms with Crippen molar-refractivity contribution in [2.24, 2.45) is 5.73 Å². The average molecular weight is 376 g/mol. The van der Waals surface area contributed by atoms with E-state index >= 15 is 0 Å². The van der Waals surface area contributed by atoms with Crippen LogP contribution in [0.1, 0.15) is 21.6 Å². The number of halogens is 2. The van der Waals surface area contributed by atoms with E-state index in [2.05, 4.69) is 9.97 Å². The van der Waals surface area contributed by atoms with Crippen LogP contribution in [0.5, 0.6) is 5.75 Å². The topological polar surface area (TPSA) is 78.1 Å². The third kappa shape index (κ3) is 3.67. The van der Waals surface area contributed by atoms with E-state index in [-0.39, 0.29) is 0 Å². The minimum absolute atomic E-state index is 0.313. The highest BCUT2D eigenvalue weighted by atomic mass is 35.5. The summed E-state index contributed by atoms with van der Waals surface area (Å²) in [6, 6.07) is 8.92. The van der Waals surface area contributed by atoms with Gasteiger partial charge in [-0.05, 0) is 42.7 Å². The molecule has 2 aromatic carbocycles. The van der Waals surface area contributed by atoms with Gasteiger partial charge in [0.25, 0.3) is 5.91 Å². The molecule has 128 valence electrons. The summed E-state index contributed by atoms with van der Waals surface area (Å²) in [6.07, 6.45) is 2.79. The molecule has 0 aliphatic heterocycles. The van der Waals surface area contributed by atoms with E-state index in [1.165, 1.54) is 13.4 Å². The van der Waals surface area contributed by atoms with E-state index in [0.29, 0.717) is 39.7 Å². The molecule has 3 rings (SSSR count). The van der Waals surface area contributed by atoms with E-state index in [1.54, 1.807) is 12.1 Å². The van der Waals surface area contributed by atoms with Gasteiger partial charge in [-0.2, -0.15) is 0 Å². The molecule has 2 N–H and O–H groups in total. The molecule has 3 aromatic rings. The van der Waals surface area contributed by atoms with Crippen LogP contribution < -0.4 is 10.5 Å². The molecule has 0 atom stereocenters. The maximum Gasteiger partial charge on any atom is 0.251 e. The zero-order chi connectivity index (χ0) is 18.0. The van der Waals surface area contributed by atoms with E-state index < -0.39 is 5.91 Å². The van der Waals surface area contributed by atoms with Crippen molar-refractivity contribution in [3.05, 3.63) is 63.5 Å². The summed E-state index contributed by atoms with van der Waals surface area (Å²) in [6.45, 7) is 0. The van der Waals surface area contributed by atoms with Gasteiger partial charge in [0.1, 0.15) is 12.1 Å². The lowest BCUT2D eigenvalue weighted by Crippen LogP contribution is -2.13. The molecule has 0 saturated heterocycles. The molecule has 5 nitrogen and oxygen atoms in total. The van der Waals surface area contributed by atoms with Crippen LogP contribution in [0.15, 0.2) is 36.7 Å². The molecule has 0 saturated carbocycles. The lowest BCUT2D eigenvalue weighted by molar-refractivity contribution is 0.100. The van der Waals surface area contributed by atoms with Crippen molar-refractivity contribution in [1.82, 2.24) is 9.97 Å². The van der Waals surface area contributed by atoms with Crippen molar-refractivity contribution < 1.29 is 9.53 Å². The summed E-state index contributed by atoms with van der Waals surface area (Å²) < 4.78 is 5.26. The Morgan fingerprint density at radius 3 is 2.60 bits per heavy atom. The third-order valence-electron chi connectivity index (χ3n) is 3.93. The largest absolute Gasteiger partial charge is 0.497 e. The number of hydrogen-bond acceptors (Lipinski definition) is 4. The number of benzene rings is 2. The third-order valence-corrected chi connectivity index (χ3v) is 4.67. The van der Waals surface area contributed by atoms with Gasteiger partial charge in [0.15, 0.2) is 0 Å². The summed E-state index contributed by atoms with van der Waals surface area (Å²) in [4.78, 5) is 20.3. The number of nitrogens with two attached hydrogens (primary N) is 1. The molecule has 25 heavy (non-hydrogen) atoms. The molecule has 0 aliphatic rings. The van der Waals surface area contributed by atoms with Gasteiger partial charge < -0.3 is 10.5 Å². The second-order valence-electron chi connectivity index (χ2n) is 5.50. The lowest BCUT2D eigenvalue weighted by atomic mass is 10.0. The van der Waals surface area contributed by atoms with Crippen LogP contribution in [-0.4, -0.2) is 23.0 Å². The highest BCUT2D eigenvalue weighted by Crippen LogP contribution is 2.27. The van der Waals surface area contributed by atoms with E-state index in [4.69, 9.17) is 33.7 Å². The van der Waals surface area contributed by atoms with Crippen LogP contribution in [0.2, 0.25) is 10.0 Å². The normalized spacial score (nSPS) is 10.8. The van der Waals surface area contributed by atoms with Crippen LogP contribution in [0.4, 0.5) is 0 Å². The Bertz CT molecular complexity index is 960. The number of carbonyl (C=O) groups excluding carboxylic acids is 1. The number of aryl methyl sites for hydroxylation is 2. The summed E-state index contributed by atoms with van der Waals surface area (Å²) in [5, 5.41) is 1.79. The van der Waals surface area contributed by atoms with Crippen molar-refractivity contribution in [3.8, 4) is 5.75 Å². The standard InChI is InChI=1S/C18H15Cl2N3O2/c1-25-11-7-12-16(5-3-10-2-4-14(19)15(20)6-10)22-9-23-17(12)13(8-11)18(21)24/h2,4,6-9H,3,5H2,1H3,(H2,21,24). The monoisotopic (exact) mass is 375 g/mol. The number of aromatic nitrogens is 2. The van der Waals surface area contributed by atoms with Crippen LogP contribution in [0.25, 0.3) is 10.9 Å². The predicted octanol–water partition coefficient (Wildman–Crippen LogP) is 3.83. The molecule has 0 fully saturated rings. The fourth-order valence-electron chi connectivity index (χ4n) is 2.66. The summed E-state index contributed by atoms with van der Waals surface area (Å²) in [7, 11) is 1.53. The van der Waals surface area contributed by atoms with Gasteiger partial charge in [0.2, 0.25) is 0 Å². The van der Waals surface area contributed by atoms with Crippen molar-refractivity contribution in [2.45, 2.75) is 12.8 Å². The number of carbonyl (C=O) groups is 1. The number of methoxy groups -OCH3 is 1. The molecule has 0 aliphatic carbocycles. The Kier molecular flexibility index (Phi) is 5.06. The lowest BCUT2D eigenvalue weighted by Gasteiger charge is -2.10. The Morgan fingerprint density at radius 1 is 1.12 bits per heavy atom. The number of rotatable bonds is 5. The fourth-order valence-corrected chi connectivity index (χ4v) is 2.98. The Morgan fingerprint density at radius 2 is 1.92 bits per heavy atom. The first kappa shape index (κ1) is 17.5. The number of nitrogens with zero attached hydrogens (tertiary/aromatic N) is 2. The van der Waals surface area contributed by atoms with Crippen LogP contribution in [0.3, 0.4) is 0 Å². The number of amides is 1. The Hall–Kier alpha value is -2.37. The molecular formula is C18H15Cl2N3O2. The molecule has 0 bridgehead atoms. The van der Waals surface area contributed by atoms with Crippen molar-refractivity contribution in [1.29, 1.82) is 0 Å². The second kappa shape index (κ2) is 7.25. The maximum absolute atomic E-state index is 11.7. The van der Waals surface area contributed by atoms with Gasteiger partial charge in [-0.15, -0.1) is 0 Å². The van der Waals surface area contributed by atoms with E-state index in [9.17, 15) is 4.79 Å². The molecule has 0 unspecified atom stereocenters. The first-order chi connectivity index (χ1) is 12.0. The van der Waals surface area contributed by atoms with Crippen LogP contribution in [-0.2, 0) is 12.8 Å². The smallest absolute Gasteiger partial charge is 0.251 e. The van der Waals surface area contributed by atoms with Crippen LogP contribution in [0, 0.1) is 0 Å². The molecule has 1 aromatic heterocycles. The van der Waals surface area contributed by atoms with Gasteiger partial charge in [-0.3, -0.25) is 4.79 Å². The summed E-state index contributed by atoms with van der Waals surface area (Å²) in [5.74, 6) is -0.0232. The first-order valence-corrected chi connectivity index (χ1v) is 8.30. The Labute approximate surface area is 154 Å². The van der Waals surface area contributed by atoms with E-state index in [0.717, 1.165) is 16.6 Å². The van der Waals surface area contributed by atoms with Gasteiger partial charge in [-0.1, -0.05) is 29.3 Å². The SMILES string of the molecule is COc1cc(C(N)=O)c2ncnc(CCc3ccc(Cl)c(Cl)c3)c2c1. The molecule has 1 amide bonds. The van der Waals surface area contributed by atoms with E-state index in [1.807, 2.05) is 18.2 Å². The highest BCUT2D eigenvalue weighted by Gasteiger charge is 2.14. The van der Waals surface area contributed by atoms with Gasteiger partial charge in [0.05, 0.1) is 33.9 Å². The van der Waals surface area contributed by atoms with Crippen molar-refractivity contribution in [2.75, 3.05) is 7.11 Å². The van der Waals surface area contributed by atoms with Gasteiger partial charge in [-0.25, -0.2) is 9.97 Å². The zero-order valence-electron chi connectivity index (χ0n) is 13.4. The molecule has 7 heteroatoms. The minimum atomic E-state index is -0.557. The molecule has 0 radical (unpaired) electrons. The summed E-state index contributed by atoms with van der Waals surface area (Å²) in [5.41, 5.74) is 8.14. The maximum atomic E-state index is 11.7. The Balaban J connectivity index is 1.99. The number of hydrogen-bond donors (Lipinski definition) is 1. The average Bonchev–Trinajstić information content (AvgIpc) is 2.61. The minimum Gasteiger partial charge on any atom is -0.497 e. The first-order valence-electron chi connectivity index (χ1n) is 7.55. The number of primary amides is 1.